The molecule has 1 N–H and O–H groups in total. The van der Waals surface area contributed by atoms with Crippen molar-refractivity contribution in [2.24, 2.45) is 5.92 Å². The van der Waals surface area contributed by atoms with Gasteiger partial charge in [-0.3, -0.25) is 15.0 Å². The zero-order chi connectivity index (χ0) is 22.6. The van der Waals surface area contributed by atoms with Crippen molar-refractivity contribution in [1.82, 2.24) is 10.2 Å². The number of carbonyl (C=O) groups is 1. The van der Waals surface area contributed by atoms with Crippen LogP contribution in [0.4, 0.5) is 14.9 Å². The van der Waals surface area contributed by atoms with Crippen LogP contribution in [-0.4, -0.2) is 47.2 Å². The summed E-state index contributed by atoms with van der Waals surface area (Å²) in [4.78, 5) is 24.5. The van der Waals surface area contributed by atoms with Gasteiger partial charge in [-0.2, -0.15) is 0 Å². The second-order valence-corrected chi connectivity index (χ2v) is 9.45. The van der Waals surface area contributed by atoms with E-state index >= 15 is 0 Å². The lowest BCUT2D eigenvalue weighted by Crippen LogP contribution is -2.42. The number of ether oxygens (including phenoxy) is 1. The molecule has 1 aliphatic carbocycles. The number of nitrogens with one attached hydrogen (secondary N) is 1. The third kappa shape index (κ3) is 6.50. The summed E-state index contributed by atoms with van der Waals surface area (Å²) in [5, 5.41) is 13.7. The fourth-order valence-corrected chi connectivity index (χ4v) is 4.40. The highest BCUT2D eigenvalue weighted by molar-refractivity contribution is 5.68. The summed E-state index contributed by atoms with van der Waals surface area (Å²) in [6.07, 6.45) is 6.70. The number of nitro benzene ring substituents is 1. The molecule has 0 saturated heterocycles. The van der Waals surface area contributed by atoms with Gasteiger partial charge in [0, 0.05) is 37.3 Å². The molecule has 1 aromatic rings. The van der Waals surface area contributed by atoms with Gasteiger partial charge >= 0.3 is 6.09 Å². The predicted molar refractivity (Wildman–Crippen MR) is 117 cm³/mol. The Kier molecular flexibility index (Phi) is 7.30. The summed E-state index contributed by atoms with van der Waals surface area (Å²) in [5.74, 6) is -0.0687. The van der Waals surface area contributed by atoms with Gasteiger partial charge in [-0.05, 0) is 70.4 Å². The number of carbonyl (C=O) groups excluding carboxylic acids is 1. The Morgan fingerprint density at radius 3 is 2.55 bits per heavy atom. The Hall–Kier alpha value is -2.48. The van der Waals surface area contributed by atoms with Crippen LogP contribution in [0.3, 0.4) is 0 Å². The van der Waals surface area contributed by atoms with Crippen LogP contribution in [0.5, 0.6) is 0 Å². The second kappa shape index (κ2) is 9.77. The molecule has 0 atom stereocenters. The summed E-state index contributed by atoms with van der Waals surface area (Å²) in [5.41, 5.74) is 0.665. The number of alkyl carbamates (subject to hydrolysis) is 1. The number of amides is 1. The smallest absolute Gasteiger partial charge is 0.407 e. The lowest BCUT2D eigenvalue weighted by molar-refractivity contribution is -0.385. The molecule has 0 aromatic heterocycles. The Bertz CT molecular complexity index is 842. The Morgan fingerprint density at radius 1 is 1.29 bits per heavy atom. The lowest BCUT2D eigenvalue weighted by atomic mass is 9.84. The molecular formula is C23H32FN3O4. The first kappa shape index (κ1) is 23.2. The van der Waals surface area contributed by atoms with E-state index in [4.69, 9.17) is 4.74 Å². The fraction of sp³-hybridized carbons (Fsp3) is 0.609. The molecule has 1 saturated carbocycles. The maximum absolute atomic E-state index is 14.3. The molecule has 2 aliphatic rings. The molecule has 1 fully saturated rings. The second-order valence-electron chi connectivity index (χ2n) is 9.45. The molecular weight excluding hydrogens is 401 g/mol. The summed E-state index contributed by atoms with van der Waals surface area (Å²) in [6.45, 7) is 7.82. The van der Waals surface area contributed by atoms with Gasteiger partial charge in [-0.25, -0.2) is 9.18 Å². The van der Waals surface area contributed by atoms with Crippen LogP contribution in [0.25, 0.3) is 5.57 Å². The minimum absolute atomic E-state index is 0.225. The van der Waals surface area contributed by atoms with E-state index in [-0.39, 0.29) is 11.8 Å². The number of hydrogen-bond acceptors (Lipinski definition) is 5. The highest BCUT2D eigenvalue weighted by Crippen LogP contribution is 2.32. The number of nitro groups is 1. The molecule has 7 nitrogen and oxygen atoms in total. The average molecular weight is 434 g/mol. The molecule has 1 aromatic carbocycles. The van der Waals surface area contributed by atoms with E-state index < -0.39 is 16.3 Å². The number of non-ortho nitro benzene ring substituents is 1. The zero-order valence-corrected chi connectivity index (χ0v) is 18.5. The van der Waals surface area contributed by atoms with Crippen LogP contribution in [0.15, 0.2) is 24.3 Å². The Morgan fingerprint density at radius 2 is 2.00 bits per heavy atom. The van der Waals surface area contributed by atoms with Crippen molar-refractivity contribution < 1.29 is 18.8 Å². The van der Waals surface area contributed by atoms with Gasteiger partial charge in [0.1, 0.15) is 11.4 Å². The number of hydrogen-bond donors (Lipinski definition) is 1. The van der Waals surface area contributed by atoms with Gasteiger partial charge < -0.3 is 10.1 Å². The predicted octanol–water partition coefficient (Wildman–Crippen LogP) is 4.91. The van der Waals surface area contributed by atoms with Crippen molar-refractivity contribution in [1.29, 1.82) is 0 Å². The van der Waals surface area contributed by atoms with Gasteiger partial charge in [-0.1, -0.05) is 6.08 Å². The van der Waals surface area contributed by atoms with Crippen molar-refractivity contribution in [2.75, 3.05) is 19.6 Å². The molecule has 1 heterocycles. The number of rotatable bonds is 5. The van der Waals surface area contributed by atoms with E-state index in [1.165, 1.54) is 12.1 Å². The first-order chi connectivity index (χ1) is 14.6. The molecule has 0 spiro atoms. The van der Waals surface area contributed by atoms with Crippen LogP contribution in [0.2, 0.25) is 0 Å². The molecule has 0 radical (unpaired) electrons. The lowest BCUT2D eigenvalue weighted by Gasteiger charge is -2.38. The van der Waals surface area contributed by atoms with Gasteiger partial charge in [0.25, 0.3) is 5.69 Å². The molecule has 31 heavy (non-hydrogen) atoms. The molecule has 1 amide bonds. The van der Waals surface area contributed by atoms with E-state index in [0.29, 0.717) is 24.1 Å². The molecule has 0 bridgehead atoms. The number of halogens is 1. The first-order valence-corrected chi connectivity index (χ1v) is 11.0. The molecule has 1 aliphatic heterocycles. The number of benzene rings is 1. The van der Waals surface area contributed by atoms with Gasteiger partial charge in [0.05, 0.1) is 11.0 Å². The summed E-state index contributed by atoms with van der Waals surface area (Å²) < 4.78 is 19.6. The normalized spacial score (nSPS) is 22.5. The standard InChI is InChI=1S/C23H32FN3O4/c1-23(2,3)31-22(28)25-15-16-4-6-18(7-5-16)26-12-10-17(11-13-26)20-9-8-19(27(29)30)14-21(20)24/h8-10,14,16,18H,4-7,11-13,15H2,1-3H3,(H,25,28). The first-order valence-electron chi connectivity index (χ1n) is 11.0. The van der Waals surface area contributed by atoms with Crippen LogP contribution in [-0.2, 0) is 4.74 Å². The van der Waals surface area contributed by atoms with Crippen LogP contribution in [0.1, 0.15) is 58.4 Å². The summed E-state index contributed by atoms with van der Waals surface area (Å²) in [7, 11) is 0. The van der Waals surface area contributed by atoms with Crippen molar-refractivity contribution in [3.05, 3.63) is 45.8 Å². The average Bonchev–Trinajstić information content (AvgIpc) is 2.71. The van der Waals surface area contributed by atoms with E-state index in [1.807, 2.05) is 26.8 Å². The largest absolute Gasteiger partial charge is 0.444 e. The van der Waals surface area contributed by atoms with E-state index in [0.717, 1.165) is 56.8 Å². The fourth-order valence-electron chi connectivity index (χ4n) is 4.40. The van der Waals surface area contributed by atoms with Crippen LogP contribution < -0.4 is 5.32 Å². The summed E-state index contributed by atoms with van der Waals surface area (Å²) >= 11 is 0. The van der Waals surface area contributed by atoms with Gasteiger partial charge in [0.2, 0.25) is 0 Å². The monoisotopic (exact) mass is 433 g/mol. The van der Waals surface area contributed by atoms with E-state index in [1.54, 1.807) is 0 Å². The quantitative estimate of drug-likeness (QED) is 0.527. The van der Waals surface area contributed by atoms with Gasteiger partial charge in [-0.15, -0.1) is 0 Å². The van der Waals surface area contributed by atoms with Crippen LogP contribution in [0, 0.1) is 21.8 Å². The molecule has 170 valence electrons. The van der Waals surface area contributed by atoms with Crippen molar-refractivity contribution in [2.45, 2.75) is 64.5 Å². The Labute approximate surface area is 182 Å². The molecule has 0 unspecified atom stereocenters. The van der Waals surface area contributed by atoms with E-state index in [2.05, 4.69) is 10.2 Å². The maximum atomic E-state index is 14.3. The third-order valence-electron chi connectivity index (χ3n) is 6.02. The van der Waals surface area contributed by atoms with Crippen LogP contribution >= 0.6 is 0 Å². The number of nitrogens with zero attached hydrogens (tertiary/aromatic N) is 2. The Balaban J connectivity index is 1.46. The minimum Gasteiger partial charge on any atom is -0.444 e. The van der Waals surface area contributed by atoms with Crippen molar-refractivity contribution >= 4 is 17.4 Å². The zero-order valence-electron chi connectivity index (χ0n) is 18.5. The van der Waals surface area contributed by atoms with Crippen molar-refractivity contribution in [3.8, 4) is 0 Å². The van der Waals surface area contributed by atoms with Gasteiger partial charge in [0.15, 0.2) is 0 Å². The third-order valence-corrected chi connectivity index (χ3v) is 6.02. The topological polar surface area (TPSA) is 84.7 Å². The molecule has 8 heteroatoms. The minimum atomic E-state index is -0.580. The summed E-state index contributed by atoms with van der Waals surface area (Å²) in [6, 6.07) is 4.36. The highest BCUT2D eigenvalue weighted by atomic mass is 19.1. The van der Waals surface area contributed by atoms with E-state index in [9.17, 15) is 19.3 Å². The maximum Gasteiger partial charge on any atom is 0.407 e. The molecule has 3 rings (SSSR count). The van der Waals surface area contributed by atoms with Crippen molar-refractivity contribution in [3.63, 3.8) is 0 Å². The SMILES string of the molecule is CC(C)(C)OC(=O)NCC1CCC(N2CC=C(c3ccc([N+](=O)[O-])cc3F)CC2)CC1. The highest BCUT2D eigenvalue weighted by Gasteiger charge is 2.28.